The van der Waals surface area contributed by atoms with Gasteiger partial charge in [0.25, 0.3) is 0 Å². The lowest BCUT2D eigenvalue weighted by Crippen LogP contribution is -2.37. The third-order valence-electron chi connectivity index (χ3n) is 4.09. The van der Waals surface area contributed by atoms with Crippen LogP contribution in [0.4, 0.5) is 0 Å². The summed E-state index contributed by atoms with van der Waals surface area (Å²) < 4.78 is 5.49. The second-order valence-electron chi connectivity index (χ2n) is 5.32. The Balaban J connectivity index is 0.00000147. The van der Waals surface area contributed by atoms with Gasteiger partial charge in [-0.1, -0.05) is 12.1 Å². The summed E-state index contributed by atoms with van der Waals surface area (Å²) in [6.07, 6.45) is 3.68. The van der Waals surface area contributed by atoms with E-state index in [9.17, 15) is 4.79 Å². The van der Waals surface area contributed by atoms with E-state index < -0.39 is 5.97 Å². The second-order valence-corrected chi connectivity index (χ2v) is 5.32. The Morgan fingerprint density at radius 2 is 2.30 bits per heavy atom. The standard InChI is InChI=1S/C15H19NO3.ClH/c17-15(18)13-2-1-7-16(13)8-5-11-3-4-14-12(10-11)6-9-19-14;/h3-4,10,13H,1-2,5-9H2,(H,17,18);1H/t13-;/m1./s1. The molecule has 1 atom stereocenters. The van der Waals surface area contributed by atoms with Gasteiger partial charge >= 0.3 is 5.97 Å². The molecule has 5 heteroatoms. The number of fused-ring (bicyclic) bond motifs is 1. The van der Waals surface area contributed by atoms with Crippen molar-refractivity contribution in [3.63, 3.8) is 0 Å². The molecule has 0 unspecified atom stereocenters. The highest BCUT2D eigenvalue weighted by Crippen LogP contribution is 2.26. The Hall–Kier alpha value is -1.26. The van der Waals surface area contributed by atoms with Crippen LogP contribution in [0, 0.1) is 0 Å². The van der Waals surface area contributed by atoms with Gasteiger partial charge in [0.1, 0.15) is 11.8 Å². The lowest BCUT2D eigenvalue weighted by molar-refractivity contribution is -0.142. The number of aliphatic carboxylic acids is 1. The molecule has 1 aromatic rings. The quantitative estimate of drug-likeness (QED) is 0.925. The molecule has 2 aliphatic heterocycles. The van der Waals surface area contributed by atoms with Crippen molar-refractivity contribution >= 4 is 18.4 Å². The molecule has 2 heterocycles. The molecule has 110 valence electrons. The van der Waals surface area contributed by atoms with Gasteiger partial charge in [0.2, 0.25) is 0 Å². The van der Waals surface area contributed by atoms with E-state index in [2.05, 4.69) is 17.0 Å². The predicted molar refractivity (Wildman–Crippen MR) is 78.8 cm³/mol. The number of rotatable bonds is 4. The van der Waals surface area contributed by atoms with Gasteiger partial charge in [0.05, 0.1) is 6.61 Å². The lowest BCUT2D eigenvalue weighted by Gasteiger charge is -2.20. The molecule has 1 N–H and O–H groups in total. The van der Waals surface area contributed by atoms with Gasteiger partial charge in [0.15, 0.2) is 0 Å². The van der Waals surface area contributed by atoms with Crippen LogP contribution in [0.15, 0.2) is 18.2 Å². The molecule has 0 amide bonds. The number of hydrogen-bond donors (Lipinski definition) is 1. The molecule has 0 aromatic heterocycles. The molecule has 1 saturated heterocycles. The molecule has 1 fully saturated rings. The van der Waals surface area contributed by atoms with E-state index in [1.165, 1.54) is 11.1 Å². The molecule has 0 saturated carbocycles. The Kier molecular flexibility index (Phi) is 4.89. The Labute approximate surface area is 125 Å². The summed E-state index contributed by atoms with van der Waals surface area (Å²) >= 11 is 0. The van der Waals surface area contributed by atoms with E-state index in [1.54, 1.807) is 0 Å². The topological polar surface area (TPSA) is 49.8 Å². The minimum Gasteiger partial charge on any atom is -0.493 e. The molecule has 2 aliphatic rings. The van der Waals surface area contributed by atoms with E-state index >= 15 is 0 Å². The summed E-state index contributed by atoms with van der Waals surface area (Å²) in [5.74, 6) is 0.327. The van der Waals surface area contributed by atoms with E-state index in [1.807, 2.05) is 6.07 Å². The highest BCUT2D eigenvalue weighted by atomic mass is 35.5. The molecule has 3 rings (SSSR count). The fourth-order valence-corrected chi connectivity index (χ4v) is 3.04. The zero-order valence-electron chi connectivity index (χ0n) is 11.4. The predicted octanol–water partition coefficient (Wildman–Crippen LogP) is 2.13. The minimum atomic E-state index is -0.681. The average Bonchev–Trinajstić information content (AvgIpc) is 3.04. The summed E-state index contributed by atoms with van der Waals surface area (Å²) in [6, 6.07) is 6.05. The average molecular weight is 298 g/mol. The van der Waals surface area contributed by atoms with Crippen molar-refractivity contribution in [2.24, 2.45) is 0 Å². The maximum atomic E-state index is 11.1. The van der Waals surface area contributed by atoms with Crippen LogP contribution in [0.2, 0.25) is 0 Å². The van der Waals surface area contributed by atoms with Crippen LogP contribution >= 0.6 is 12.4 Å². The molecule has 0 radical (unpaired) electrons. The van der Waals surface area contributed by atoms with E-state index in [-0.39, 0.29) is 18.4 Å². The van der Waals surface area contributed by atoms with Crippen LogP contribution in [0.1, 0.15) is 24.0 Å². The van der Waals surface area contributed by atoms with Crippen molar-refractivity contribution in [3.05, 3.63) is 29.3 Å². The molecule has 4 nitrogen and oxygen atoms in total. The van der Waals surface area contributed by atoms with Crippen LogP contribution in [-0.2, 0) is 17.6 Å². The Morgan fingerprint density at radius 3 is 3.10 bits per heavy atom. The maximum Gasteiger partial charge on any atom is 0.320 e. The number of halogens is 1. The number of benzene rings is 1. The van der Waals surface area contributed by atoms with E-state index in [0.29, 0.717) is 0 Å². The molecule has 1 aromatic carbocycles. The lowest BCUT2D eigenvalue weighted by atomic mass is 10.1. The van der Waals surface area contributed by atoms with Crippen LogP contribution in [0.5, 0.6) is 5.75 Å². The van der Waals surface area contributed by atoms with Gasteiger partial charge in [-0.2, -0.15) is 0 Å². The van der Waals surface area contributed by atoms with Crippen molar-refractivity contribution in [2.75, 3.05) is 19.7 Å². The first kappa shape index (κ1) is 15.1. The normalized spacial score (nSPS) is 21.1. The highest BCUT2D eigenvalue weighted by molar-refractivity contribution is 5.85. The zero-order valence-corrected chi connectivity index (χ0v) is 12.2. The molecule has 0 spiro atoms. The van der Waals surface area contributed by atoms with Crippen molar-refractivity contribution in [1.29, 1.82) is 0 Å². The molecule has 0 aliphatic carbocycles. The van der Waals surface area contributed by atoms with Crippen molar-refractivity contribution in [3.8, 4) is 5.75 Å². The summed E-state index contributed by atoms with van der Waals surface area (Å²) in [7, 11) is 0. The molecular weight excluding hydrogens is 278 g/mol. The van der Waals surface area contributed by atoms with Gasteiger partial charge in [0, 0.05) is 13.0 Å². The first-order chi connectivity index (χ1) is 9.24. The van der Waals surface area contributed by atoms with Crippen LogP contribution < -0.4 is 4.74 Å². The third kappa shape index (κ3) is 3.07. The monoisotopic (exact) mass is 297 g/mol. The largest absolute Gasteiger partial charge is 0.493 e. The van der Waals surface area contributed by atoms with Gasteiger partial charge in [-0.15, -0.1) is 12.4 Å². The van der Waals surface area contributed by atoms with Crippen molar-refractivity contribution < 1.29 is 14.6 Å². The molecule has 20 heavy (non-hydrogen) atoms. The zero-order chi connectivity index (χ0) is 13.2. The number of carbonyl (C=O) groups is 1. The summed E-state index contributed by atoms with van der Waals surface area (Å²) in [5, 5.41) is 9.15. The summed E-state index contributed by atoms with van der Waals surface area (Å²) in [6.45, 7) is 2.52. The fourth-order valence-electron chi connectivity index (χ4n) is 3.04. The van der Waals surface area contributed by atoms with Gasteiger partial charge < -0.3 is 9.84 Å². The van der Waals surface area contributed by atoms with E-state index in [4.69, 9.17) is 9.84 Å². The number of hydrogen-bond acceptors (Lipinski definition) is 3. The number of likely N-dealkylation sites (tertiary alicyclic amines) is 1. The summed E-state index contributed by atoms with van der Waals surface area (Å²) in [5.41, 5.74) is 2.56. The molecule has 0 bridgehead atoms. The first-order valence-electron chi connectivity index (χ1n) is 6.95. The third-order valence-corrected chi connectivity index (χ3v) is 4.09. The van der Waals surface area contributed by atoms with Crippen LogP contribution in [-0.4, -0.2) is 41.7 Å². The molecular formula is C15H20ClNO3. The van der Waals surface area contributed by atoms with E-state index in [0.717, 1.165) is 51.1 Å². The highest BCUT2D eigenvalue weighted by Gasteiger charge is 2.29. The van der Waals surface area contributed by atoms with Crippen molar-refractivity contribution in [2.45, 2.75) is 31.7 Å². The van der Waals surface area contributed by atoms with Crippen molar-refractivity contribution in [1.82, 2.24) is 4.90 Å². The minimum absolute atomic E-state index is 0. The van der Waals surface area contributed by atoms with Gasteiger partial charge in [-0.25, -0.2) is 0 Å². The Bertz CT molecular complexity index is 492. The van der Waals surface area contributed by atoms with Gasteiger partial charge in [-0.05, 0) is 43.0 Å². The van der Waals surface area contributed by atoms with Gasteiger partial charge in [-0.3, -0.25) is 9.69 Å². The number of nitrogens with zero attached hydrogens (tertiary/aromatic N) is 1. The Morgan fingerprint density at radius 1 is 1.45 bits per heavy atom. The number of carboxylic acid groups (broad SMARTS) is 1. The smallest absolute Gasteiger partial charge is 0.320 e. The fraction of sp³-hybridized carbons (Fsp3) is 0.533. The second kappa shape index (κ2) is 6.46. The summed E-state index contributed by atoms with van der Waals surface area (Å²) in [4.78, 5) is 13.2. The first-order valence-corrected chi connectivity index (χ1v) is 6.95. The van der Waals surface area contributed by atoms with Crippen LogP contribution in [0.3, 0.4) is 0 Å². The van der Waals surface area contributed by atoms with Crippen LogP contribution in [0.25, 0.3) is 0 Å². The SMILES string of the molecule is Cl.O=C(O)[C@H]1CCCN1CCc1ccc2c(c1)CCO2. The number of carboxylic acids is 1. The maximum absolute atomic E-state index is 11.1. The number of ether oxygens (including phenoxy) is 1.